The van der Waals surface area contributed by atoms with Gasteiger partial charge >= 0.3 is 0 Å². The summed E-state index contributed by atoms with van der Waals surface area (Å²) in [4.78, 5) is 6.68. The van der Waals surface area contributed by atoms with Crippen LogP contribution in [0.3, 0.4) is 0 Å². The topological polar surface area (TPSA) is 83.0 Å². The van der Waals surface area contributed by atoms with E-state index < -0.39 is 9.84 Å². The summed E-state index contributed by atoms with van der Waals surface area (Å²) in [6, 6.07) is 10.6. The summed E-state index contributed by atoms with van der Waals surface area (Å²) < 4.78 is 29.2. The van der Waals surface area contributed by atoms with E-state index in [9.17, 15) is 8.42 Å². The highest BCUT2D eigenvalue weighted by Gasteiger charge is 2.28. The predicted molar refractivity (Wildman–Crippen MR) is 117 cm³/mol. The van der Waals surface area contributed by atoms with Crippen LogP contribution in [-0.4, -0.2) is 76.2 Å². The highest BCUT2D eigenvalue weighted by Crippen LogP contribution is 2.16. The molecular formula is C21H34N4O3S. The maximum Gasteiger partial charge on any atom is 0.191 e. The zero-order valence-corrected chi connectivity index (χ0v) is 18.2. The summed E-state index contributed by atoms with van der Waals surface area (Å²) in [7, 11) is -1.17. The SMILES string of the molecule is CN=C(NCCCOC1CCN(Cc2ccccc2)CC1)NC1CCS(=O)(=O)C1. The standard InChI is InChI=1S/C21H34N4O3S/c1-22-21(24-19-10-15-29(26,27)17-19)23-11-5-14-28-20-8-12-25(13-9-20)16-18-6-3-2-4-7-18/h2-4,6-7,19-20H,5,8-17H2,1H3,(H2,22,23,24). The smallest absolute Gasteiger partial charge is 0.191 e. The minimum absolute atomic E-state index is 0.0384. The summed E-state index contributed by atoms with van der Waals surface area (Å²) in [6.45, 7) is 4.67. The summed E-state index contributed by atoms with van der Waals surface area (Å²) in [5.41, 5.74) is 1.37. The molecule has 2 saturated heterocycles. The van der Waals surface area contributed by atoms with Crippen LogP contribution in [0.4, 0.5) is 0 Å². The number of sulfone groups is 1. The Morgan fingerprint density at radius 2 is 1.97 bits per heavy atom. The molecule has 0 bridgehead atoms. The number of rotatable bonds is 8. The Balaban J connectivity index is 1.24. The van der Waals surface area contributed by atoms with Gasteiger partial charge in [-0.1, -0.05) is 30.3 Å². The van der Waals surface area contributed by atoms with Crippen molar-refractivity contribution in [1.82, 2.24) is 15.5 Å². The fraction of sp³-hybridized carbons (Fsp3) is 0.667. The van der Waals surface area contributed by atoms with Crippen molar-refractivity contribution in [2.45, 2.75) is 44.4 Å². The Bertz CT molecular complexity index is 746. The number of aliphatic imine (C=N–C) groups is 1. The van der Waals surface area contributed by atoms with Crippen LogP contribution in [0.1, 0.15) is 31.2 Å². The average molecular weight is 423 g/mol. The van der Waals surface area contributed by atoms with Gasteiger partial charge in [-0.3, -0.25) is 9.89 Å². The normalized spacial score (nSPS) is 23.2. The lowest BCUT2D eigenvalue weighted by atomic mass is 10.1. The molecular weight excluding hydrogens is 388 g/mol. The molecule has 0 saturated carbocycles. The molecule has 29 heavy (non-hydrogen) atoms. The van der Waals surface area contributed by atoms with Gasteiger partial charge in [0, 0.05) is 45.9 Å². The number of likely N-dealkylation sites (tertiary alicyclic amines) is 1. The van der Waals surface area contributed by atoms with Crippen molar-refractivity contribution in [2.24, 2.45) is 4.99 Å². The molecule has 2 aliphatic heterocycles. The van der Waals surface area contributed by atoms with E-state index in [1.54, 1.807) is 7.05 Å². The molecule has 0 radical (unpaired) electrons. The molecule has 2 aliphatic rings. The molecule has 2 heterocycles. The molecule has 2 N–H and O–H groups in total. The third kappa shape index (κ3) is 7.60. The third-order valence-corrected chi connectivity index (χ3v) is 7.32. The summed E-state index contributed by atoms with van der Waals surface area (Å²) in [5, 5.41) is 6.45. The van der Waals surface area contributed by atoms with Crippen molar-refractivity contribution in [2.75, 3.05) is 44.8 Å². The lowest BCUT2D eigenvalue weighted by molar-refractivity contribution is 0.00534. The molecule has 0 aromatic heterocycles. The van der Waals surface area contributed by atoms with E-state index in [-0.39, 0.29) is 17.5 Å². The highest BCUT2D eigenvalue weighted by molar-refractivity contribution is 7.91. The summed E-state index contributed by atoms with van der Waals surface area (Å²) in [6.07, 6.45) is 4.06. The fourth-order valence-electron chi connectivity index (χ4n) is 3.90. The first-order valence-corrected chi connectivity index (χ1v) is 12.4. The summed E-state index contributed by atoms with van der Waals surface area (Å²) in [5.74, 6) is 1.13. The summed E-state index contributed by atoms with van der Waals surface area (Å²) >= 11 is 0. The fourth-order valence-corrected chi connectivity index (χ4v) is 5.57. The number of ether oxygens (including phenoxy) is 1. The molecule has 8 heteroatoms. The van der Waals surface area contributed by atoms with Gasteiger partial charge in [-0.25, -0.2) is 8.42 Å². The third-order valence-electron chi connectivity index (χ3n) is 5.55. The van der Waals surface area contributed by atoms with E-state index >= 15 is 0 Å². The maximum absolute atomic E-state index is 11.6. The monoisotopic (exact) mass is 422 g/mol. The number of guanidine groups is 1. The molecule has 7 nitrogen and oxygen atoms in total. The molecule has 1 aromatic rings. The number of piperidine rings is 1. The van der Waals surface area contributed by atoms with Gasteiger partial charge in [0.15, 0.2) is 15.8 Å². The largest absolute Gasteiger partial charge is 0.378 e. The molecule has 1 unspecified atom stereocenters. The van der Waals surface area contributed by atoms with Gasteiger partial charge < -0.3 is 15.4 Å². The first-order valence-electron chi connectivity index (χ1n) is 10.6. The Morgan fingerprint density at radius 1 is 1.21 bits per heavy atom. The number of nitrogens with zero attached hydrogens (tertiary/aromatic N) is 2. The van der Waals surface area contributed by atoms with E-state index in [1.807, 2.05) is 0 Å². The predicted octanol–water partition coefficient (Wildman–Crippen LogP) is 1.41. The van der Waals surface area contributed by atoms with E-state index in [0.717, 1.165) is 52.0 Å². The second-order valence-electron chi connectivity index (χ2n) is 7.93. The van der Waals surface area contributed by atoms with Crippen molar-refractivity contribution in [3.63, 3.8) is 0 Å². The quantitative estimate of drug-likeness (QED) is 0.374. The average Bonchev–Trinajstić information content (AvgIpc) is 3.07. The Kier molecular flexibility index (Phi) is 8.32. The van der Waals surface area contributed by atoms with Crippen molar-refractivity contribution >= 4 is 15.8 Å². The molecule has 0 spiro atoms. The maximum atomic E-state index is 11.6. The van der Waals surface area contributed by atoms with Crippen LogP contribution in [-0.2, 0) is 21.1 Å². The van der Waals surface area contributed by atoms with Crippen LogP contribution in [0.15, 0.2) is 35.3 Å². The van der Waals surface area contributed by atoms with Crippen molar-refractivity contribution < 1.29 is 13.2 Å². The van der Waals surface area contributed by atoms with Gasteiger partial charge in [-0.2, -0.15) is 0 Å². The van der Waals surface area contributed by atoms with E-state index in [0.29, 0.717) is 18.5 Å². The van der Waals surface area contributed by atoms with Gasteiger partial charge in [0.05, 0.1) is 17.6 Å². The van der Waals surface area contributed by atoms with Crippen LogP contribution in [0.5, 0.6) is 0 Å². The minimum atomic E-state index is -2.88. The number of benzene rings is 1. The first-order chi connectivity index (χ1) is 14.0. The molecule has 1 atom stereocenters. The van der Waals surface area contributed by atoms with E-state index in [1.165, 1.54) is 5.56 Å². The zero-order valence-electron chi connectivity index (χ0n) is 17.3. The first kappa shape index (κ1) is 22.1. The molecule has 162 valence electrons. The zero-order chi connectivity index (χ0) is 20.5. The molecule has 0 aliphatic carbocycles. The Hall–Kier alpha value is -1.64. The van der Waals surface area contributed by atoms with Crippen molar-refractivity contribution in [3.8, 4) is 0 Å². The van der Waals surface area contributed by atoms with Gasteiger partial charge in [-0.15, -0.1) is 0 Å². The highest BCUT2D eigenvalue weighted by atomic mass is 32.2. The number of hydrogen-bond acceptors (Lipinski definition) is 5. The Morgan fingerprint density at radius 3 is 2.62 bits per heavy atom. The van der Waals surface area contributed by atoms with E-state index in [2.05, 4.69) is 50.9 Å². The molecule has 1 aromatic carbocycles. The van der Waals surface area contributed by atoms with Crippen LogP contribution in [0.2, 0.25) is 0 Å². The van der Waals surface area contributed by atoms with Crippen LogP contribution in [0.25, 0.3) is 0 Å². The molecule has 3 rings (SSSR count). The van der Waals surface area contributed by atoms with Gasteiger partial charge in [0.25, 0.3) is 0 Å². The lowest BCUT2D eigenvalue weighted by Gasteiger charge is -2.32. The Labute approximate surface area is 174 Å². The van der Waals surface area contributed by atoms with Crippen LogP contribution < -0.4 is 10.6 Å². The number of nitrogens with one attached hydrogen (secondary N) is 2. The van der Waals surface area contributed by atoms with Crippen molar-refractivity contribution in [3.05, 3.63) is 35.9 Å². The molecule has 0 amide bonds. The number of hydrogen-bond donors (Lipinski definition) is 2. The second-order valence-corrected chi connectivity index (χ2v) is 10.2. The molecule has 2 fully saturated rings. The van der Waals surface area contributed by atoms with Crippen molar-refractivity contribution in [1.29, 1.82) is 0 Å². The van der Waals surface area contributed by atoms with Gasteiger partial charge in [0.2, 0.25) is 0 Å². The van der Waals surface area contributed by atoms with E-state index in [4.69, 9.17) is 4.74 Å². The lowest BCUT2D eigenvalue weighted by Crippen LogP contribution is -2.44. The van der Waals surface area contributed by atoms with Gasteiger partial charge in [-0.05, 0) is 31.2 Å². The second kappa shape index (κ2) is 10.9. The van der Waals surface area contributed by atoms with Gasteiger partial charge in [0.1, 0.15) is 0 Å². The van der Waals surface area contributed by atoms with Crippen LogP contribution >= 0.6 is 0 Å². The minimum Gasteiger partial charge on any atom is -0.378 e. The van der Waals surface area contributed by atoms with Crippen LogP contribution in [0, 0.1) is 0 Å².